The van der Waals surface area contributed by atoms with Crippen LogP contribution in [0.5, 0.6) is 0 Å². The van der Waals surface area contributed by atoms with E-state index in [-0.39, 0.29) is 70.4 Å². The zero-order valence-corrected chi connectivity index (χ0v) is 50.4. The summed E-state index contributed by atoms with van der Waals surface area (Å²) in [5.41, 5.74) is 28.7. The first-order valence-electron chi connectivity index (χ1n) is 29.1. The second kappa shape index (κ2) is 35.6. The molecule has 2 heterocycles. The maximum atomic E-state index is 14.6. The van der Waals surface area contributed by atoms with Gasteiger partial charge in [0, 0.05) is 49.5 Å². The van der Waals surface area contributed by atoms with Gasteiger partial charge in [0.1, 0.15) is 60.4 Å². The fraction of sp³-hybridized carbons (Fsp3) is 0.607. The van der Waals surface area contributed by atoms with E-state index in [1.807, 2.05) is 0 Å². The minimum Gasteiger partial charge on any atom is -0.481 e. The number of benzene rings is 1. The van der Waals surface area contributed by atoms with Gasteiger partial charge in [-0.15, -0.1) is 0 Å². The number of aliphatic carboxylic acids is 2. The number of rotatable bonds is 38. The van der Waals surface area contributed by atoms with Crippen LogP contribution in [0.15, 0.2) is 35.5 Å². The van der Waals surface area contributed by atoms with Gasteiger partial charge in [-0.05, 0) is 74.3 Å². The van der Waals surface area contributed by atoms with E-state index < -0.39 is 181 Å². The molecule has 0 saturated carbocycles. The smallest absolute Gasteiger partial charge is 0.326 e. The number of aliphatic imine (C=N–C) groups is 1. The first kappa shape index (κ1) is 73.3. The van der Waals surface area contributed by atoms with Crippen LogP contribution in [-0.4, -0.2) is 188 Å². The number of nitrogens with one attached hydrogen (secondary N) is 9. The molecule has 22 N–H and O–H groups in total. The fourth-order valence-corrected chi connectivity index (χ4v) is 9.61. The summed E-state index contributed by atoms with van der Waals surface area (Å²) in [5.74, 6) is -15.0. The third-order valence-electron chi connectivity index (χ3n) is 14.7. The molecule has 1 saturated heterocycles. The Hall–Kier alpha value is -8.94. The molecule has 3 rings (SSSR count). The number of aromatic amines is 1. The number of hydrogen-bond acceptors (Lipinski definition) is 16. The fourth-order valence-electron chi connectivity index (χ4n) is 9.61. The van der Waals surface area contributed by atoms with E-state index in [4.69, 9.17) is 28.7 Å². The highest BCUT2D eigenvalue weighted by Gasteiger charge is 2.42. The number of aromatic nitrogens is 1. The number of para-hydroxylation sites is 1. The van der Waals surface area contributed by atoms with Crippen molar-refractivity contribution in [2.24, 2.45) is 51.4 Å². The number of H-pyrrole nitrogens is 1. The SMILES string of the molecule is CC[C@H](C)[C@H](NC(=O)[C@H](CCCN=C(N)N)NC(=O)[C@H](CCC(=O)O)NC(=O)[C@H](CC(C)C)NC(=O)[C@H](CC(N)=O)NC(=O)[C@H](Cc1c[nH]c2ccccc12)NC(=O)[C@@H]1CCCN1C(=O)[C@@H](NC(=O)[C@@H](N)CO)C(C)C)C(=O)N[C@@H](CCC(N)=O)C(=O)O. The van der Waals surface area contributed by atoms with Crippen LogP contribution in [0.1, 0.15) is 118 Å². The lowest BCUT2D eigenvalue weighted by Crippen LogP contribution is -2.61. The lowest BCUT2D eigenvalue weighted by atomic mass is 9.96. The van der Waals surface area contributed by atoms with Gasteiger partial charge in [-0.25, -0.2) is 4.79 Å². The first-order valence-corrected chi connectivity index (χ1v) is 29.1. The second-order valence-corrected chi connectivity index (χ2v) is 22.5. The molecular weight excluding hydrogens is 1150 g/mol. The van der Waals surface area contributed by atoms with Gasteiger partial charge in [-0.3, -0.25) is 62.5 Å². The van der Waals surface area contributed by atoms with Crippen molar-refractivity contribution in [2.75, 3.05) is 19.7 Å². The number of fused-ring (bicyclic) bond motifs is 1. The molecule has 1 aliphatic rings. The molecule has 0 bridgehead atoms. The van der Waals surface area contributed by atoms with Crippen LogP contribution >= 0.6 is 0 Å². The van der Waals surface area contributed by atoms with Crippen LogP contribution < -0.4 is 71.2 Å². The number of carbonyl (C=O) groups is 13. The topological polar surface area (TPSA) is 540 Å². The summed E-state index contributed by atoms with van der Waals surface area (Å²) < 4.78 is 0. The van der Waals surface area contributed by atoms with Crippen LogP contribution in [0.2, 0.25) is 0 Å². The number of hydrogen-bond donors (Lipinski definition) is 17. The number of carboxylic acid groups (broad SMARTS) is 2. The van der Waals surface area contributed by atoms with Crippen molar-refractivity contribution in [3.05, 3.63) is 36.0 Å². The Balaban J connectivity index is 1.98. The molecule has 1 aliphatic heterocycles. The van der Waals surface area contributed by atoms with Crippen LogP contribution in [-0.2, 0) is 68.7 Å². The summed E-state index contributed by atoms with van der Waals surface area (Å²) in [6, 6.07) is -7.77. The van der Waals surface area contributed by atoms with Gasteiger partial charge in [0.2, 0.25) is 65.0 Å². The van der Waals surface area contributed by atoms with Gasteiger partial charge in [0.05, 0.1) is 13.0 Å². The Morgan fingerprint density at radius 2 is 1.22 bits per heavy atom. The Morgan fingerprint density at radius 1 is 0.659 bits per heavy atom. The maximum Gasteiger partial charge on any atom is 0.326 e. The summed E-state index contributed by atoms with van der Waals surface area (Å²) in [6.07, 6.45) is -1.07. The molecule has 2 aromatic rings. The standard InChI is InChI=1S/C56H88N16O16/c1-7-29(6)45(53(85)66-36(55(87)88)16-18-41(58)74)71-48(80)34(14-10-20-62-56(60)61)64-47(79)35(17-19-43(76)77)65-49(81)37(22-27(2)3)67-51(83)39(24-42(59)75)68-50(82)38(23-30-25-63-33-13-9-8-12-31(30)33)69-52(84)40-15-11-21-72(40)54(86)44(28(4)5)70-46(78)32(57)26-73/h8-9,12-13,25,27-29,32,34-40,44-45,63,73H,7,10-11,14-24,26,57H2,1-6H3,(H2,58,74)(H2,59,75)(H,64,79)(H,65,81)(H,66,85)(H,67,83)(H,68,82)(H,69,84)(H,70,78)(H,71,80)(H,76,77)(H,87,88)(H4,60,61,62)/t29-,32-,34-,35-,36-,37-,38-,39-,40-,44-,45-/m0/s1. The third-order valence-corrected chi connectivity index (χ3v) is 14.7. The number of carboxylic acids is 2. The summed E-state index contributed by atoms with van der Waals surface area (Å²) >= 11 is 0. The van der Waals surface area contributed by atoms with Crippen LogP contribution in [0, 0.1) is 17.8 Å². The van der Waals surface area contributed by atoms with Crippen LogP contribution in [0.3, 0.4) is 0 Å². The predicted molar refractivity (Wildman–Crippen MR) is 318 cm³/mol. The van der Waals surface area contributed by atoms with Crippen LogP contribution in [0.4, 0.5) is 0 Å². The van der Waals surface area contributed by atoms with Gasteiger partial charge < -0.3 is 96.4 Å². The molecule has 1 aromatic carbocycles. The Morgan fingerprint density at radius 3 is 1.80 bits per heavy atom. The van der Waals surface area contributed by atoms with Gasteiger partial charge >= 0.3 is 11.9 Å². The van der Waals surface area contributed by atoms with Gasteiger partial charge in [-0.2, -0.15) is 0 Å². The van der Waals surface area contributed by atoms with Crippen molar-refractivity contribution >= 4 is 93.8 Å². The second-order valence-electron chi connectivity index (χ2n) is 22.5. The van der Waals surface area contributed by atoms with E-state index in [2.05, 4.69) is 52.5 Å². The Bertz CT molecular complexity index is 2840. The van der Waals surface area contributed by atoms with Crippen molar-refractivity contribution < 1.29 is 77.6 Å². The Kier molecular flexibility index (Phi) is 29.7. The van der Waals surface area contributed by atoms with Crippen LogP contribution in [0.25, 0.3) is 10.9 Å². The minimum atomic E-state index is -1.82. The van der Waals surface area contributed by atoms with Gasteiger partial charge in [-0.1, -0.05) is 66.2 Å². The average Bonchev–Trinajstić information content (AvgIpc) is 3.24. The van der Waals surface area contributed by atoms with Crippen molar-refractivity contribution in [3.63, 3.8) is 0 Å². The quantitative estimate of drug-likeness (QED) is 0.0172. The molecule has 1 aromatic heterocycles. The molecule has 0 unspecified atom stereocenters. The molecular formula is C56H88N16O16. The van der Waals surface area contributed by atoms with E-state index >= 15 is 0 Å². The minimum absolute atomic E-state index is 0.0307. The zero-order valence-electron chi connectivity index (χ0n) is 50.4. The number of guanidine groups is 1. The highest BCUT2D eigenvalue weighted by Crippen LogP contribution is 2.23. The molecule has 32 nitrogen and oxygen atoms in total. The number of primary amides is 2. The largest absolute Gasteiger partial charge is 0.481 e. The molecule has 1 fully saturated rings. The summed E-state index contributed by atoms with van der Waals surface area (Å²) in [4.78, 5) is 183. The predicted octanol–water partition coefficient (Wildman–Crippen LogP) is -4.21. The van der Waals surface area contributed by atoms with Gasteiger partial charge in [0.25, 0.3) is 0 Å². The molecule has 0 spiro atoms. The summed E-state index contributed by atoms with van der Waals surface area (Å²) in [6.45, 7) is 9.29. The highest BCUT2D eigenvalue weighted by molar-refractivity contribution is 6.00. The van der Waals surface area contributed by atoms with E-state index in [0.717, 1.165) is 0 Å². The molecule has 488 valence electrons. The lowest BCUT2D eigenvalue weighted by molar-refractivity contribution is -0.143. The number of amides is 11. The number of nitrogens with two attached hydrogens (primary N) is 5. The van der Waals surface area contributed by atoms with Crippen molar-refractivity contribution in [1.82, 2.24) is 52.4 Å². The highest BCUT2D eigenvalue weighted by atomic mass is 16.4. The molecule has 0 aliphatic carbocycles. The van der Waals surface area contributed by atoms with Crippen molar-refractivity contribution in [1.29, 1.82) is 0 Å². The first-order chi connectivity index (χ1) is 41.4. The lowest BCUT2D eigenvalue weighted by Gasteiger charge is -2.32. The maximum absolute atomic E-state index is 14.6. The average molecular weight is 1240 g/mol. The number of carbonyl (C=O) groups excluding carboxylic acids is 11. The summed E-state index contributed by atoms with van der Waals surface area (Å²) in [7, 11) is 0. The zero-order chi connectivity index (χ0) is 66.1. The number of aliphatic hydroxyl groups is 1. The number of likely N-dealkylation sites (tertiary alicyclic amines) is 1. The number of nitrogens with zero attached hydrogens (tertiary/aromatic N) is 2. The summed E-state index contributed by atoms with van der Waals surface area (Å²) in [5, 5.41) is 49.6. The molecule has 11 amide bonds. The third kappa shape index (κ3) is 23.4. The normalized spacial score (nSPS) is 16.4. The molecule has 88 heavy (non-hydrogen) atoms. The van der Waals surface area contributed by atoms with E-state index in [1.54, 1.807) is 72.0 Å². The Labute approximate surface area is 508 Å². The molecule has 32 heteroatoms. The molecule has 0 radical (unpaired) electrons. The monoisotopic (exact) mass is 1240 g/mol. The van der Waals surface area contributed by atoms with E-state index in [0.29, 0.717) is 22.9 Å². The van der Waals surface area contributed by atoms with E-state index in [1.165, 1.54) is 4.90 Å². The van der Waals surface area contributed by atoms with Gasteiger partial charge in [0.15, 0.2) is 5.96 Å². The molecule has 11 atom stereocenters. The van der Waals surface area contributed by atoms with Crippen molar-refractivity contribution in [3.8, 4) is 0 Å². The number of aliphatic hydroxyl groups excluding tert-OH is 1. The van der Waals surface area contributed by atoms with Crippen molar-refractivity contribution in [2.45, 2.75) is 179 Å². The van der Waals surface area contributed by atoms with E-state index in [9.17, 15) is 77.6 Å².